The molecule has 0 amide bonds. The number of rotatable bonds is 3. The molecule has 2 aliphatic rings. The minimum Gasteiger partial charge on any atom is -0.229 e. The van der Waals surface area contributed by atoms with Crippen molar-refractivity contribution in [2.75, 3.05) is 11.5 Å². The second-order valence-electron chi connectivity index (χ2n) is 5.07. The van der Waals surface area contributed by atoms with E-state index in [0.29, 0.717) is 29.9 Å². The molecule has 2 fully saturated rings. The van der Waals surface area contributed by atoms with Crippen LogP contribution in [-0.4, -0.2) is 40.1 Å². The molecule has 0 radical (unpaired) electrons. The topological polar surface area (TPSA) is 77.7 Å². The summed E-state index contributed by atoms with van der Waals surface area (Å²) in [6.07, 6.45) is 3.80. The zero-order valence-corrected chi connectivity index (χ0v) is 10.4. The third-order valence-electron chi connectivity index (χ3n) is 3.51. The van der Waals surface area contributed by atoms with Gasteiger partial charge in [-0.2, -0.15) is 4.80 Å². The summed E-state index contributed by atoms with van der Waals surface area (Å²) in [6.45, 7) is 0.704. The lowest BCUT2D eigenvalue weighted by atomic mass is 10.0. The molecule has 0 N–H and O–H groups in total. The van der Waals surface area contributed by atoms with Crippen LogP contribution in [0.4, 0.5) is 0 Å². The van der Waals surface area contributed by atoms with Gasteiger partial charge in [-0.15, -0.1) is 10.2 Å². The third kappa shape index (κ3) is 2.65. The summed E-state index contributed by atoms with van der Waals surface area (Å²) in [5.74, 6) is 2.37. The van der Waals surface area contributed by atoms with Gasteiger partial charge < -0.3 is 0 Å². The zero-order chi connectivity index (χ0) is 11.9. The van der Waals surface area contributed by atoms with Gasteiger partial charge in [0.05, 0.1) is 18.1 Å². The molecule has 0 bridgehead atoms. The van der Waals surface area contributed by atoms with Crippen LogP contribution in [0, 0.1) is 5.92 Å². The van der Waals surface area contributed by atoms with Gasteiger partial charge in [0.2, 0.25) is 0 Å². The van der Waals surface area contributed by atoms with E-state index in [1.165, 1.54) is 12.8 Å². The van der Waals surface area contributed by atoms with E-state index in [2.05, 4.69) is 15.4 Å². The summed E-state index contributed by atoms with van der Waals surface area (Å²) < 4.78 is 22.6. The molecule has 1 aromatic rings. The summed E-state index contributed by atoms with van der Waals surface area (Å²) in [6, 6.07) is 0. The number of hydrogen-bond donors (Lipinski definition) is 0. The van der Waals surface area contributed by atoms with E-state index >= 15 is 0 Å². The average molecular weight is 256 g/mol. The number of sulfone groups is 1. The lowest BCUT2D eigenvalue weighted by molar-refractivity contribution is 0.354. The van der Waals surface area contributed by atoms with E-state index < -0.39 is 9.84 Å². The first-order valence-electron chi connectivity index (χ1n) is 6.10. The summed E-state index contributed by atoms with van der Waals surface area (Å²) in [5.41, 5.74) is 0. The van der Waals surface area contributed by atoms with Crippen LogP contribution in [0.15, 0.2) is 0 Å². The van der Waals surface area contributed by atoms with Crippen molar-refractivity contribution in [2.24, 2.45) is 5.92 Å². The maximum absolute atomic E-state index is 11.3. The van der Waals surface area contributed by atoms with Crippen molar-refractivity contribution >= 4 is 9.84 Å². The molecule has 0 atom stereocenters. The van der Waals surface area contributed by atoms with Gasteiger partial charge in [0, 0.05) is 5.92 Å². The average Bonchev–Trinajstić information content (AvgIpc) is 3.03. The molecule has 17 heavy (non-hydrogen) atoms. The normalized spacial score (nSPS) is 24.9. The summed E-state index contributed by atoms with van der Waals surface area (Å²) in [5, 5.41) is 12.4. The van der Waals surface area contributed by atoms with Crippen LogP contribution in [0.5, 0.6) is 0 Å². The summed E-state index contributed by atoms with van der Waals surface area (Å²) >= 11 is 0. The smallest absolute Gasteiger partial charge is 0.177 e. The van der Waals surface area contributed by atoms with E-state index in [-0.39, 0.29) is 0 Å². The van der Waals surface area contributed by atoms with Crippen molar-refractivity contribution in [3.63, 3.8) is 0 Å². The third-order valence-corrected chi connectivity index (χ3v) is 5.22. The van der Waals surface area contributed by atoms with Crippen LogP contribution >= 0.6 is 0 Å². The second kappa shape index (κ2) is 4.04. The quantitative estimate of drug-likeness (QED) is 0.781. The van der Waals surface area contributed by atoms with E-state index in [1.807, 2.05) is 0 Å². The Kier molecular flexibility index (Phi) is 2.65. The monoisotopic (exact) mass is 256 g/mol. The van der Waals surface area contributed by atoms with Gasteiger partial charge >= 0.3 is 0 Å². The number of nitrogens with zero attached hydrogens (tertiary/aromatic N) is 4. The standard InChI is InChI=1S/C10H16N4O2S/c15-17(16)5-3-8(4-6-17)7-14-12-10(11-13-14)9-1-2-9/h8-9H,1-7H2. The molecule has 1 aliphatic carbocycles. The van der Waals surface area contributed by atoms with Crippen LogP contribution in [-0.2, 0) is 16.4 Å². The second-order valence-corrected chi connectivity index (χ2v) is 7.38. The molecule has 94 valence electrons. The molecule has 1 aromatic heterocycles. The highest BCUT2D eigenvalue weighted by Gasteiger charge is 2.29. The number of hydrogen-bond acceptors (Lipinski definition) is 5. The van der Waals surface area contributed by atoms with Gasteiger partial charge in [0.25, 0.3) is 0 Å². The van der Waals surface area contributed by atoms with E-state index in [0.717, 1.165) is 18.7 Å². The molecule has 7 heteroatoms. The lowest BCUT2D eigenvalue weighted by Gasteiger charge is -2.20. The van der Waals surface area contributed by atoms with Gasteiger partial charge in [-0.1, -0.05) is 0 Å². The highest BCUT2D eigenvalue weighted by Crippen LogP contribution is 2.37. The molecule has 6 nitrogen and oxygen atoms in total. The van der Waals surface area contributed by atoms with Crippen molar-refractivity contribution in [3.8, 4) is 0 Å². The first-order chi connectivity index (χ1) is 8.12. The predicted molar refractivity (Wildman–Crippen MR) is 61.2 cm³/mol. The molecule has 0 unspecified atom stereocenters. The Balaban J connectivity index is 1.59. The Bertz CT molecular complexity index is 492. The SMILES string of the molecule is O=S1(=O)CCC(Cn2nnc(C3CC3)n2)CC1. The first kappa shape index (κ1) is 11.1. The fourth-order valence-electron chi connectivity index (χ4n) is 2.19. The molecule has 0 spiro atoms. The van der Waals surface area contributed by atoms with Gasteiger partial charge in [0.1, 0.15) is 9.84 Å². The van der Waals surface area contributed by atoms with Crippen molar-refractivity contribution in [3.05, 3.63) is 5.82 Å². The molecule has 1 saturated heterocycles. The minimum absolute atomic E-state index is 0.307. The maximum atomic E-state index is 11.3. The van der Waals surface area contributed by atoms with E-state index in [4.69, 9.17) is 0 Å². The number of aromatic nitrogens is 4. The molecule has 1 aliphatic heterocycles. The highest BCUT2D eigenvalue weighted by atomic mass is 32.2. The van der Waals surface area contributed by atoms with Crippen LogP contribution in [0.25, 0.3) is 0 Å². The first-order valence-corrected chi connectivity index (χ1v) is 7.93. The Morgan fingerprint density at radius 1 is 1.18 bits per heavy atom. The van der Waals surface area contributed by atoms with Crippen LogP contribution in [0.3, 0.4) is 0 Å². The molecular weight excluding hydrogens is 240 g/mol. The van der Waals surface area contributed by atoms with Gasteiger partial charge in [-0.25, -0.2) is 8.42 Å². The fraction of sp³-hybridized carbons (Fsp3) is 0.900. The molecular formula is C10H16N4O2S. The Morgan fingerprint density at radius 2 is 1.88 bits per heavy atom. The van der Waals surface area contributed by atoms with Crippen molar-refractivity contribution in [2.45, 2.75) is 38.1 Å². The molecule has 3 rings (SSSR count). The Hall–Kier alpha value is -0.980. The summed E-state index contributed by atoms with van der Waals surface area (Å²) in [7, 11) is -2.77. The van der Waals surface area contributed by atoms with Crippen LogP contribution in [0.2, 0.25) is 0 Å². The number of tetrazole rings is 1. The highest BCUT2D eigenvalue weighted by molar-refractivity contribution is 7.91. The zero-order valence-electron chi connectivity index (χ0n) is 9.62. The van der Waals surface area contributed by atoms with E-state index in [1.54, 1.807) is 4.80 Å². The fourth-order valence-corrected chi connectivity index (χ4v) is 3.78. The summed E-state index contributed by atoms with van der Waals surface area (Å²) in [4.78, 5) is 1.64. The van der Waals surface area contributed by atoms with Crippen molar-refractivity contribution < 1.29 is 8.42 Å². The predicted octanol–water partition coefficient (Wildman–Crippen LogP) is 0.375. The Labute approximate surface area is 100 Å². The van der Waals surface area contributed by atoms with Crippen molar-refractivity contribution in [1.82, 2.24) is 20.2 Å². The molecule has 0 aromatic carbocycles. The van der Waals surface area contributed by atoms with Crippen molar-refractivity contribution in [1.29, 1.82) is 0 Å². The van der Waals surface area contributed by atoms with Gasteiger partial charge in [-0.05, 0) is 36.8 Å². The molecule has 2 heterocycles. The minimum atomic E-state index is -2.77. The van der Waals surface area contributed by atoms with Gasteiger partial charge in [0.15, 0.2) is 5.82 Å². The maximum Gasteiger partial charge on any atom is 0.177 e. The lowest BCUT2D eigenvalue weighted by Crippen LogP contribution is -2.26. The Morgan fingerprint density at radius 3 is 2.53 bits per heavy atom. The van der Waals surface area contributed by atoms with E-state index in [9.17, 15) is 8.42 Å². The molecule has 1 saturated carbocycles. The van der Waals surface area contributed by atoms with Crippen LogP contribution in [0.1, 0.15) is 37.4 Å². The largest absolute Gasteiger partial charge is 0.229 e. The van der Waals surface area contributed by atoms with Gasteiger partial charge in [-0.3, -0.25) is 0 Å². The van der Waals surface area contributed by atoms with Crippen LogP contribution < -0.4 is 0 Å².